The van der Waals surface area contributed by atoms with Crippen LogP contribution >= 0.6 is 34.7 Å². The van der Waals surface area contributed by atoms with Crippen molar-refractivity contribution in [1.29, 1.82) is 0 Å². The van der Waals surface area contributed by atoms with Gasteiger partial charge >= 0.3 is 5.91 Å². The van der Waals surface area contributed by atoms with Gasteiger partial charge in [-0.15, -0.1) is 10.2 Å². The van der Waals surface area contributed by atoms with Crippen LogP contribution in [0.1, 0.15) is 40.8 Å². The number of ketones is 1. The first-order chi connectivity index (χ1) is 19.7. The molecule has 41 heavy (non-hydrogen) atoms. The SMILES string of the molecule is CCOc1cc(C2C(=C(O)c3cc(C)ccc3C)C(=O)C(=O)N2c2nnc(SCc3ccccc3Cl)s2)ccc1O. The fourth-order valence-corrected chi connectivity index (χ4v) is 6.72. The van der Waals surface area contributed by atoms with Gasteiger partial charge in [0.15, 0.2) is 15.8 Å². The lowest BCUT2D eigenvalue weighted by molar-refractivity contribution is -0.132. The number of aryl methyl sites for hydroxylation is 2. The molecule has 0 bridgehead atoms. The van der Waals surface area contributed by atoms with E-state index in [1.807, 2.05) is 50.2 Å². The van der Waals surface area contributed by atoms with E-state index >= 15 is 0 Å². The molecule has 8 nitrogen and oxygen atoms in total. The average Bonchev–Trinajstić information content (AvgIpc) is 3.52. The molecule has 0 saturated carbocycles. The molecule has 2 N–H and O–H groups in total. The molecule has 210 valence electrons. The van der Waals surface area contributed by atoms with Crippen LogP contribution in [0.4, 0.5) is 5.13 Å². The van der Waals surface area contributed by atoms with Crippen molar-refractivity contribution < 1.29 is 24.5 Å². The van der Waals surface area contributed by atoms with E-state index in [9.17, 15) is 19.8 Å². The van der Waals surface area contributed by atoms with E-state index in [0.717, 1.165) is 28.0 Å². The number of thioether (sulfide) groups is 1. The summed E-state index contributed by atoms with van der Waals surface area (Å²) in [5.74, 6) is -1.34. The molecule has 1 aliphatic rings. The number of rotatable bonds is 8. The number of carbonyl (C=O) groups is 2. The zero-order valence-electron chi connectivity index (χ0n) is 22.4. The fourth-order valence-electron chi connectivity index (χ4n) is 4.57. The van der Waals surface area contributed by atoms with Crippen LogP contribution in [0.15, 0.2) is 70.6 Å². The molecule has 0 spiro atoms. The number of Topliss-reactive ketones (excluding diaryl/α,β-unsaturated/α-hetero) is 1. The molecule has 3 aromatic carbocycles. The second-order valence-electron chi connectivity index (χ2n) is 9.38. The maximum absolute atomic E-state index is 13.6. The van der Waals surface area contributed by atoms with Crippen LogP contribution in [0.5, 0.6) is 11.5 Å². The molecule has 2 heterocycles. The predicted molar refractivity (Wildman–Crippen MR) is 161 cm³/mol. The summed E-state index contributed by atoms with van der Waals surface area (Å²) in [6, 6.07) is 16.6. The minimum atomic E-state index is -1.04. The number of aromatic hydroxyl groups is 1. The number of phenolic OH excluding ortho intramolecular Hbond substituents is 1. The Morgan fingerprint density at radius 3 is 2.63 bits per heavy atom. The van der Waals surface area contributed by atoms with Crippen molar-refractivity contribution in [1.82, 2.24) is 10.2 Å². The normalized spacial score (nSPS) is 16.4. The van der Waals surface area contributed by atoms with Crippen molar-refractivity contribution >= 4 is 57.3 Å². The van der Waals surface area contributed by atoms with Crippen LogP contribution in [0.3, 0.4) is 0 Å². The number of carbonyl (C=O) groups excluding carboxylic acids is 2. The van der Waals surface area contributed by atoms with Gasteiger partial charge in [-0.3, -0.25) is 14.5 Å². The molecule has 4 aromatic rings. The van der Waals surface area contributed by atoms with Gasteiger partial charge in [0.2, 0.25) is 5.13 Å². The van der Waals surface area contributed by atoms with E-state index in [1.54, 1.807) is 25.1 Å². The molecule has 1 aliphatic heterocycles. The highest BCUT2D eigenvalue weighted by Crippen LogP contribution is 2.46. The molecule has 1 fully saturated rings. The zero-order chi connectivity index (χ0) is 29.3. The first-order valence-corrected chi connectivity index (χ1v) is 14.9. The Hall–Kier alpha value is -3.86. The molecule has 0 aliphatic carbocycles. The van der Waals surface area contributed by atoms with Crippen molar-refractivity contribution in [2.75, 3.05) is 11.5 Å². The van der Waals surface area contributed by atoms with Gasteiger partial charge < -0.3 is 14.9 Å². The Morgan fingerprint density at radius 1 is 1.10 bits per heavy atom. The number of aliphatic hydroxyl groups excluding tert-OH is 1. The average molecular weight is 608 g/mol. The van der Waals surface area contributed by atoms with Crippen molar-refractivity contribution in [3.8, 4) is 11.5 Å². The third kappa shape index (κ3) is 5.68. The Bertz CT molecular complexity index is 1690. The first kappa shape index (κ1) is 28.7. The Labute approximate surface area is 250 Å². The van der Waals surface area contributed by atoms with E-state index < -0.39 is 17.7 Å². The number of aliphatic hydroxyl groups is 1. The number of amides is 1. The lowest BCUT2D eigenvalue weighted by Crippen LogP contribution is -2.29. The van der Waals surface area contributed by atoms with Crippen molar-refractivity contribution in [2.24, 2.45) is 0 Å². The molecule has 1 amide bonds. The summed E-state index contributed by atoms with van der Waals surface area (Å²) in [5, 5.41) is 31.2. The van der Waals surface area contributed by atoms with E-state index in [2.05, 4.69) is 10.2 Å². The summed E-state index contributed by atoms with van der Waals surface area (Å²) in [7, 11) is 0. The Balaban J connectivity index is 1.61. The molecule has 5 rings (SSSR count). The van der Waals surface area contributed by atoms with Gasteiger partial charge in [-0.05, 0) is 61.7 Å². The summed E-state index contributed by atoms with van der Waals surface area (Å²) >= 11 is 8.86. The van der Waals surface area contributed by atoms with Crippen molar-refractivity contribution in [3.63, 3.8) is 0 Å². The van der Waals surface area contributed by atoms with Crippen molar-refractivity contribution in [2.45, 2.75) is 36.9 Å². The van der Waals surface area contributed by atoms with Gasteiger partial charge in [-0.25, -0.2) is 0 Å². The first-order valence-electron chi connectivity index (χ1n) is 12.7. The maximum Gasteiger partial charge on any atom is 0.301 e. The van der Waals surface area contributed by atoms with E-state index in [1.165, 1.54) is 22.7 Å². The highest BCUT2D eigenvalue weighted by Gasteiger charge is 2.48. The van der Waals surface area contributed by atoms with E-state index in [4.69, 9.17) is 16.3 Å². The second kappa shape index (κ2) is 11.9. The van der Waals surface area contributed by atoms with Crippen LogP contribution in [-0.2, 0) is 15.3 Å². The van der Waals surface area contributed by atoms with Crippen LogP contribution in [-0.4, -0.2) is 38.7 Å². The lowest BCUT2D eigenvalue weighted by Gasteiger charge is -2.23. The number of nitrogens with zero attached hydrogens (tertiary/aromatic N) is 3. The molecule has 1 unspecified atom stereocenters. The number of benzene rings is 3. The highest BCUT2D eigenvalue weighted by molar-refractivity contribution is 8.00. The monoisotopic (exact) mass is 607 g/mol. The maximum atomic E-state index is 13.6. The number of ether oxygens (including phenoxy) is 1. The molecular weight excluding hydrogens is 582 g/mol. The minimum Gasteiger partial charge on any atom is -0.507 e. The third-order valence-electron chi connectivity index (χ3n) is 6.60. The van der Waals surface area contributed by atoms with Gasteiger partial charge in [0.05, 0.1) is 18.2 Å². The van der Waals surface area contributed by atoms with Gasteiger partial charge in [0.1, 0.15) is 5.76 Å². The molecule has 1 atom stereocenters. The number of halogens is 1. The molecule has 1 aromatic heterocycles. The number of hydrogen-bond acceptors (Lipinski definition) is 9. The quantitative estimate of drug-likeness (QED) is 0.0737. The molecule has 11 heteroatoms. The van der Waals surface area contributed by atoms with Crippen LogP contribution < -0.4 is 9.64 Å². The highest BCUT2D eigenvalue weighted by atomic mass is 35.5. The topological polar surface area (TPSA) is 113 Å². The summed E-state index contributed by atoms with van der Waals surface area (Å²) in [4.78, 5) is 28.4. The van der Waals surface area contributed by atoms with Crippen LogP contribution in [0.2, 0.25) is 5.02 Å². The number of hydrogen-bond donors (Lipinski definition) is 2. The van der Waals surface area contributed by atoms with Gasteiger partial charge in [0, 0.05) is 16.3 Å². The Morgan fingerprint density at radius 2 is 1.88 bits per heavy atom. The number of aromatic nitrogens is 2. The summed E-state index contributed by atoms with van der Waals surface area (Å²) in [6.07, 6.45) is 0. The van der Waals surface area contributed by atoms with E-state index in [-0.39, 0.29) is 28.0 Å². The second-order valence-corrected chi connectivity index (χ2v) is 12.0. The number of phenols is 1. The largest absolute Gasteiger partial charge is 0.507 e. The molecular formula is C30H26ClN3O5S2. The number of anilines is 1. The fraction of sp³-hybridized carbons (Fsp3) is 0.200. The van der Waals surface area contributed by atoms with Gasteiger partial charge in [0.25, 0.3) is 5.78 Å². The van der Waals surface area contributed by atoms with E-state index in [0.29, 0.717) is 32.8 Å². The summed E-state index contributed by atoms with van der Waals surface area (Å²) < 4.78 is 6.16. The summed E-state index contributed by atoms with van der Waals surface area (Å²) in [5.41, 5.74) is 3.38. The lowest BCUT2D eigenvalue weighted by atomic mass is 9.93. The van der Waals surface area contributed by atoms with Crippen molar-refractivity contribution in [3.05, 3.63) is 99.1 Å². The summed E-state index contributed by atoms with van der Waals surface area (Å²) in [6.45, 7) is 5.77. The van der Waals surface area contributed by atoms with Crippen LogP contribution in [0.25, 0.3) is 5.76 Å². The minimum absolute atomic E-state index is 0.0858. The zero-order valence-corrected chi connectivity index (χ0v) is 24.8. The Kier molecular flexibility index (Phi) is 8.35. The molecule has 0 radical (unpaired) electrons. The van der Waals surface area contributed by atoms with Gasteiger partial charge in [-0.1, -0.05) is 76.7 Å². The van der Waals surface area contributed by atoms with Crippen LogP contribution in [0, 0.1) is 13.8 Å². The standard InChI is InChI=1S/C30H26ClN3O5S2/c1-4-39-23-14-18(11-12-22(23)35)25-24(26(36)20-13-16(2)9-10-17(20)3)27(37)28(38)34(25)29-32-33-30(41-29)40-15-19-7-5-6-8-21(19)31/h5-14,25,35-36H,4,15H2,1-3H3. The predicted octanol–water partition coefficient (Wildman–Crippen LogP) is 6.83. The van der Waals surface area contributed by atoms with Gasteiger partial charge in [-0.2, -0.15) is 0 Å². The smallest absolute Gasteiger partial charge is 0.301 e. The molecule has 1 saturated heterocycles. The third-order valence-corrected chi connectivity index (χ3v) is 9.08.